The highest BCUT2D eigenvalue weighted by atomic mass is 35.5. The SMILES string of the molecule is O=C(Nc1nccnc1Cl)c1csnn1. The van der Waals surface area contributed by atoms with E-state index in [2.05, 4.69) is 24.9 Å². The van der Waals surface area contributed by atoms with E-state index >= 15 is 0 Å². The molecule has 2 aromatic heterocycles. The van der Waals surface area contributed by atoms with Crippen LogP contribution in [0.4, 0.5) is 5.82 Å². The van der Waals surface area contributed by atoms with Gasteiger partial charge < -0.3 is 5.32 Å². The average Bonchev–Trinajstić information content (AvgIpc) is 2.74. The van der Waals surface area contributed by atoms with Crippen molar-refractivity contribution in [3.8, 4) is 0 Å². The summed E-state index contributed by atoms with van der Waals surface area (Å²) in [7, 11) is 0. The third-order valence-electron chi connectivity index (χ3n) is 1.48. The number of aromatic nitrogens is 4. The molecule has 0 fully saturated rings. The van der Waals surface area contributed by atoms with Gasteiger partial charge in [-0.15, -0.1) is 5.10 Å². The average molecular weight is 242 g/mol. The molecular formula is C7H4ClN5OS. The van der Waals surface area contributed by atoms with Gasteiger partial charge in [-0.2, -0.15) is 0 Å². The highest BCUT2D eigenvalue weighted by Crippen LogP contribution is 2.14. The quantitative estimate of drug-likeness (QED) is 0.855. The number of nitrogens with zero attached hydrogens (tertiary/aromatic N) is 4. The number of anilines is 1. The van der Waals surface area contributed by atoms with Gasteiger partial charge in [0, 0.05) is 17.8 Å². The zero-order chi connectivity index (χ0) is 10.7. The van der Waals surface area contributed by atoms with Crippen molar-refractivity contribution in [2.75, 3.05) is 5.32 Å². The number of carbonyl (C=O) groups excluding carboxylic acids is 1. The molecule has 2 aromatic rings. The molecule has 0 aliphatic rings. The van der Waals surface area contributed by atoms with Gasteiger partial charge in [0.15, 0.2) is 16.7 Å². The van der Waals surface area contributed by atoms with Gasteiger partial charge >= 0.3 is 0 Å². The number of rotatable bonds is 2. The normalized spacial score (nSPS) is 9.93. The highest BCUT2D eigenvalue weighted by Gasteiger charge is 2.11. The minimum Gasteiger partial charge on any atom is -0.303 e. The Labute approximate surface area is 93.5 Å². The topological polar surface area (TPSA) is 80.7 Å². The molecule has 0 aliphatic carbocycles. The Hall–Kier alpha value is -1.60. The second-order valence-corrected chi connectivity index (χ2v) is 3.41. The smallest absolute Gasteiger partial charge is 0.278 e. The van der Waals surface area contributed by atoms with Crippen LogP contribution in [-0.4, -0.2) is 25.5 Å². The predicted octanol–water partition coefficient (Wildman–Crippen LogP) is 1.23. The molecule has 0 atom stereocenters. The van der Waals surface area contributed by atoms with Crippen LogP contribution in [0.1, 0.15) is 10.5 Å². The molecule has 2 rings (SSSR count). The molecule has 1 N–H and O–H groups in total. The Morgan fingerprint density at radius 1 is 1.40 bits per heavy atom. The van der Waals surface area contributed by atoms with Crippen LogP contribution < -0.4 is 5.32 Å². The van der Waals surface area contributed by atoms with Crippen LogP contribution in [0.2, 0.25) is 5.15 Å². The van der Waals surface area contributed by atoms with E-state index in [9.17, 15) is 4.79 Å². The fraction of sp³-hybridized carbons (Fsp3) is 0. The van der Waals surface area contributed by atoms with Gasteiger partial charge in [-0.1, -0.05) is 16.1 Å². The third-order valence-corrected chi connectivity index (χ3v) is 2.26. The second-order valence-electron chi connectivity index (χ2n) is 2.44. The molecular weight excluding hydrogens is 238 g/mol. The molecule has 76 valence electrons. The van der Waals surface area contributed by atoms with E-state index in [1.807, 2.05) is 0 Å². The summed E-state index contributed by atoms with van der Waals surface area (Å²) in [5.41, 5.74) is 0.224. The van der Waals surface area contributed by atoms with Crippen LogP contribution in [0.25, 0.3) is 0 Å². The lowest BCUT2D eigenvalue weighted by atomic mass is 10.4. The maximum absolute atomic E-state index is 11.5. The Kier molecular flexibility index (Phi) is 2.84. The molecule has 1 amide bonds. The maximum Gasteiger partial charge on any atom is 0.278 e. The molecule has 2 heterocycles. The van der Waals surface area contributed by atoms with Gasteiger partial charge in [-0.05, 0) is 11.5 Å². The van der Waals surface area contributed by atoms with Gasteiger partial charge in [-0.25, -0.2) is 9.97 Å². The van der Waals surface area contributed by atoms with Crippen molar-refractivity contribution in [3.63, 3.8) is 0 Å². The van der Waals surface area contributed by atoms with Crippen LogP contribution in [0.15, 0.2) is 17.8 Å². The lowest BCUT2D eigenvalue weighted by Crippen LogP contribution is -2.14. The van der Waals surface area contributed by atoms with E-state index in [4.69, 9.17) is 11.6 Å². The molecule has 0 bridgehead atoms. The summed E-state index contributed by atoms with van der Waals surface area (Å²) >= 11 is 6.80. The van der Waals surface area contributed by atoms with Gasteiger partial charge in [-0.3, -0.25) is 4.79 Å². The van der Waals surface area contributed by atoms with E-state index in [0.717, 1.165) is 11.5 Å². The lowest BCUT2D eigenvalue weighted by molar-refractivity contribution is 0.102. The number of hydrogen-bond donors (Lipinski definition) is 1. The zero-order valence-corrected chi connectivity index (χ0v) is 8.79. The molecule has 0 saturated carbocycles. The molecule has 0 radical (unpaired) electrons. The second kappa shape index (κ2) is 4.28. The Morgan fingerprint density at radius 3 is 2.87 bits per heavy atom. The monoisotopic (exact) mass is 241 g/mol. The zero-order valence-electron chi connectivity index (χ0n) is 7.22. The summed E-state index contributed by atoms with van der Waals surface area (Å²) in [6, 6.07) is 0. The molecule has 15 heavy (non-hydrogen) atoms. The number of carbonyl (C=O) groups is 1. The van der Waals surface area contributed by atoms with Crippen molar-refractivity contribution in [1.29, 1.82) is 0 Å². The van der Waals surface area contributed by atoms with Crippen molar-refractivity contribution < 1.29 is 4.79 Å². The largest absolute Gasteiger partial charge is 0.303 e. The van der Waals surface area contributed by atoms with Gasteiger partial charge in [0.1, 0.15) is 0 Å². The van der Waals surface area contributed by atoms with Gasteiger partial charge in [0.05, 0.1) is 0 Å². The van der Waals surface area contributed by atoms with Crippen LogP contribution in [0.5, 0.6) is 0 Å². The van der Waals surface area contributed by atoms with Gasteiger partial charge in [0.2, 0.25) is 0 Å². The van der Waals surface area contributed by atoms with E-state index in [0.29, 0.717) is 0 Å². The van der Waals surface area contributed by atoms with Crippen LogP contribution in [0.3, 0.4) is 0 Å². The molecule has 8 heteroatoms. The molecule has 6 nitrogen and oxygen atoms in total. The van der Waals surface area contributed by atoms with Crippen LogP contribution in [0, 0.1) is 0 Å². The fourth-order valence-corrected chi connectivity index (χ4v) is 1.43. The van der Waals surface area contributed by atoms with E-state index in [1.54, 1.807) is 0 Å². The van der Waals surface area contributed by atoms with Crippen LogP contribution >= 0.6 is 23.1 Å². The van der Waals surface area contributed by atoms with Crippen molar-refractivity contribution in [1.82, 2.24) is 19.6 Å². The minimum absolute atomic E-state index is 0.133. The molecule has 0 aliphatic heterocycles. The van der Waals surface area contributed by atoms with E-state index in [-0.39, 0.29) is 16.7 Å². The summed E-state index contributed by atoms with van der Waals surface area (Å²) in [5.74, 6) is -0.205. The van der Waals surface area contributed by atoms with E-state index in [1.165, 1.54) is 17.8 Å². The molecule has 0 saturated heterocycles. The first-order valence-corrected chi connectivity index (χ1v) is 5.04. The third kappa shape index (κ3) is 2.25. The fourth-order valence-electron chi connectivity index (χ4n) is 0.840. The highest BCUT2D eigenvalue weighted by molar-refractivity contribution is 7.03. The molecule has 0 spiro atoms. The van der Waals surface area contributed by atoms with Crippen molar-refractivity contribution in [2.45, 2.75) is 0 Å². The Morgan fingerprint density at radius 2 is 2.20 bits per heavy atom. The minimum atomic E-state index is -0.411. The van der Waals surface area contributed by atoms with Gasteiger partial charge in [0.25, 0.3) is 5.91 Å². The van der Waals surface area contributed by atoms with E-state index < -0.39 is 5.91 Å². The van der Waals surface area contributed by atoms with Crippen molar-refractivity contribution >= 4 is 34.9 Å². The first-order valence-electron chi connectivity index (χ1n) is 3.82. The summed E-state index contributed by atoms with van der Waals surface area (Å²) in [6.45, 7) is 0. The Bertz CT molecular complexity index is 474. The van der Waals surface area contributed by atoms with Crippen LogP contribution in [-0.2, 0) is 0 Å². The number of hydrogen-bond acceptors (Lipinski definition) is 6. The summed E-state index contributed by atoms with van der Waals surface area (Å²) < 4.78 is 3.57. The number of amides is 1. The summed E-state index contributed by atoms with van der Waals surface area (Å²) in [4.78, 5) is 19.1. The van der Waals surface area contributed by atoms with Crippen molar-refractivity contribution in [3.05, 3.63) is 28.6 Å². The first kappa shape index (κ1) is 9.94. The number of halogens is 1. The summed E-state index contributed by atoms with van der Waals surface area (Å²) in [5, 5.41) is 7.74. The maximum atomic E-state index is 11.5. The Balaban J connectivity index is 2.17. The lowest BCUT2D eigenvalue weighted by Gasteiger charge is -2.01. The van der Waals surface area contributed by atoms with Crippen molar-refractivity contribution in [2.24, 2.45) is 0 Å². The molecule has 0 aromatic carbocycles. The molecule has 0 unspecified atom stereocenters. The predicted molar refractivity (Wildman–Crippen MR) is 54.9 cm³/mol. The number of nitrogens with one attached hydrogen (secondary N) is 1. The first-order chi connectivity index (χ1) is 7.27. The summed E-state index contributed by atoms with van der Waals surface area (Å²) in [6.07, 6.45) is 2.86. The standard InChI is InChI=1S/C7H4ClN5OS/c8-5-6(10-2-1-9-5)11-7(14)4-3-15-13-12-4/h1-3H,(H,10,11,14).